The lowest BCUT2D eigenvalue weighted by atomic mass is 10.2. The van der Waals surface area contributed by atoms with Gasteiger partial charge in [0.2, 0.25) is 11.8 Å². The van der Waals surface area contributed by atoms with Crippen LogP contribution in [-0.2, 0) is 9.59 Å². The predicted molar refractivity (Wildman–Crippen MR) is 65.2 cm³/mol. The van der Waals surface area contributed by atoms with Crippen LogP contribution in [0.2, 0.25) is 0 Å². The average Bonchev–Trinajstić information content (AvgIpc) is 2.80. The van der Waals surface area contributed by atoms with Gasteiger partial charge in [0.05, 0.1) is 6.04 Å². The summed E-state index contributed by atoms with van der Waals surface area (Å²) in [6, 6.07) is -0.614. The quantitative estimate of drug-likeness (QED) is 0.709. The van der Waals surface area contributed by atoms with E-state index in [4.69, 9.17) is 0 Å². The zero-order valence-electron chi connectivity index (χ0n) is 9.95. The van der Waals surface area contributed by atoms with Crippen molar-refractivity contribution < 1.29 is 9.59 Å². The van der Waals surface area contributed by atoms with Crippen molar-refractivity contribution in [3.05, 3.63) is 0 Å². The number of likely N-dealkylation sites (N-methyl/N-ethyl adjacent to an activating group) is 1. The molecular formula is C10H19N3O2S. The molecule has 0 bridgehead atoms. The Kier molecular flexibility index (Phi) is 5.08. The first kappa shape index (κ1) is 13.3. The first-order chi connectivity index (χ1) is 7.56. The summed E-state index contributed by atoms with van der Waals surface area (Å²) in [5.41, 5.74) is 0. The second-order valence-corrected chi connectivity index (χ2v) is 4.88. The largest absolute Gasteiger partial charge is 0.344 e. The molecule has 0 radical (unpaired) electrons. The molecule has 2 amide bonds. The maximum absolute atomic E-state index is 11.7. The highest BCUT2D eigenvalue weighted by Crippen LogP contribution is 2.09. The van der Waals surface area contributed by atoms with Gasteiger partial charge in [-0.15, -0.1) is 11.8 Å². The van der Waals surface area contributed by atoms with Crippen LogP contribution >= 0.6 is 11.8 Å². The molecule has 2 atom stereocenters. The van der Waals surface area contributed by atoms with Crippen molar-refractivity contribution in [1.29, 1.82) is 0 Å². The predicted octanol–water partition coefficient (Wildman–Crippen LogP) is -0.368. The molecule has 92 valence electrons. The van der Waals surface area contributed by atoms with Gasteiger partial charge >= 0.3 is 0 Å². The highest BCUT2D eigenvalue weighted by atomic mass is 32.2. The lowest BCUT2D eigenvalue weighted by molar-refractivity contribution is -0.135. The van der Waals surface area contributed by atoms with Gasteiger partial charge in [0.15, 0.2) is 0 Å². The molecule has 2 unspecified atom stereocenters. The molecule has 1 aliphatic rings. The van der Waals surface area contributed by atoms with Crippen molar-refractivity contribution in [1.82, 2.24) is 15.5 Å². The number of amides is 2. The lowest BCUT2D eigenvalue weighted by Crippen LogP contribution is -2.51. The van der Waals surface area contributed by atoms with Gasteiger partial charge in [-0.05, 0) is 13.8 Å². The number of carbonyl (C=O) groups excluding carboxylic acids is 2. The third-order valence-electron chi connectivity index (χ3n) is 2.61. The molecule has 1 saturated heterocycles. The summed E-state index contributed by atoms with van der Waals surface area (Å²) in [4.78, 5) is 25.0. The minimum atomic E-state index is -0.454. The summed E-state index contributed by atoms with van der Waals surface area (Å²) >= 11 is 1.69. The Morgan fingerprint density at radius 3 is 2.81 bits per heavy atom. The summed E-state index contributed by atoms with van der Waals surface area (Å²) in [5.74, 6) is 1.43. The second-order valence-electron chi connectivity index (χ2n) is 3.85. The van der Waals surface area contributed by atoms with E-state index in [2.05, 4.69) is 10.6 Å². The highest BCUT2D eigenvalue weighted by Gasteiger charge is 2.26. The van der Waals surface area contributed by atoms with Gasteiger partial charge in [-0.25, -0.2) is 0 Å². The van der Waals surface area contributed by atoms with Crippen LogP contribution in [0.25, 0.3) is 0 Å². The van der Waals surface area contributed by atoms with E-state index < -0.39 is 6.04 Å². The fourth-order valence-electron chi connectivity index (χ4n) is 1.43. The fraction of sp³-hybridized carbons (Fsp3) is 0.800. The van der Waals surface area contributed by atoms with Gasteiger partial charge in [-0.2, -0.15) is 0 Å². The smallest absolute Gasteiger partial charge is 0.244 e. The third-order valence-corrected chi connectivity index (χ3v) is 3.55. The van der Waals surface area contributed by atoms with Gasteiger partial charge in [-0.3, -0.25) is 14.9 Å². The first-order valence-corrected chi connectivity index (χ1v) is 6.58. The van der Waals surface area contributed by atoms with E-state index in [1.165, 1.54) is 0 Å². The molecule has 0 spiro atoms. The SMILES string of the molecule is CCN(C)C(=O)C(C)NC(=O)C1CSCN1. The first-order valence-electron chi connectivity index (χ1n) is 5.42. The molecule has 0 aromatic heterocycles. The van der Waals surface area contributed by atoms with Crippen LogP contribution in [-0.4, -0.2) is 54.0 Å². The topological polar surface area (TPSA) is 61.4 Å². The Morgan fingerprint density at radius 1 is 1.62 bits per heavy atom. The summed E-state index contributed by atoms with van der Waals surface area (Å²) in [6.07, 6.45) is 0. The van der Waals surface area contributed by atoms with Gasteiger partial charge in [0.25, 0.3) is 0 Å². The molecule has 5 nitrogen and oxygen atoms in total. The van der Waals surface area contributed by atoms with Crippen LogP contribution in [0.3, 0.4) is 0 Å². The molecule has 2 N–H and O–H groups in total. The Balaban J connectivity index is 2.40. The van der Waals surface area contributed by atoms with Crippen LogP contribution in [0.1, 0.15) is 13.8 Å². The zero-order chi connectivity index (χ0) is 12.1. The monoisotopic (exact) mass is 245 g/mol. The molecule has 1 aliphatic heterocycles. The summed E-state index contributed by atoms with van der Waals surface area (Å²) in [5, 5.41) is 5.80. The molecule has 0 aliphatic carbocycles. The number of rotatable bonds is 4. The van der Waals surface area contributed by atoms with Crippen molar-refractivity contribution in [3.63, 3.8) is 0 Å². The molecule has 1 rings (SSSR count). The highest BCUT2D eigenvalue weighted by molar-refractivity contribution is 7.99. The van der Waals surface area contributed by atoms with Gasteiger partial charge in [0.1, 0.15) is 6.04 Å². The minimum Gasteiger partial charge on any atom is -0.344 e. The number of nitrogens with zero attached hydrogens (tertiary/aromatic N) is 1. The fourth-order valence-corrected chi connectivity index (χ4v) is 2.37. The molecule has 0 aromatic carbocycles. The van der Waals surface area contributed by atoms with Crippen LogP contribution in [0, 0.1) is 0 Å². The lowest BCUT2D eigenvalue weighted by Gasteiger charge is -2.21. The van der Waals surface area contributed by atoms with Gasteiger partial charge in [-0.1, -0.05) is 0 Å². The summed E-state index contributed by atoms with van der Waals surface area (Å²) in [7, 11) is 1.73. The minimum absolute atomic E-state index is 0.0542. The van der Waals surface area contributed by atoms with Crippen LogP contribution < -0.4 is 10.6 Å². The van der Waals surface area contributed by atoms with Gasteiger partial charge in [0, 0.05) is 25.2 Å². The Bertz CT molecular complexity index is 267. The van der Waals surface area contributed by atoms with Crippen molar-refractivity contribution in [3.8, 4) is 0 Å². The van der Waals surface area contributed by atoms with E-state index in [0.29, 0.717) is 6.54 Å². The maximum Gasteiger partial charge on any atom is 0.244 e. The van der Waals surface area contributed by atoms with Crippen molar-refractivity contribution in [2.45, 2.75) is 25.9 Å². The zero-order valence-corrected chi connectivity index (χ0v) is 10.8. The average molecular weight is 245 g/mol. The van der Waals surface area contributed by atoms with E-state index in [9.17, 15) is 9.59 Å². The number of carbonyl (C=O) groups is 2. The maximum atomic E-state index is 11.7. The van der Waals surface area contributed by atoms with Crippen molar-refractivity contribution in [2.75, 3.05) is 25.2 Å². The van der Waals surface area contributed by atoms with E-state index >= 15 is 0 Å². The molecule has 6 heteroatoms. The van der Waals surface area contributed by atoms with E-state index in [0.717, 1.165) is 11.6 Å². The number of hydrogen-bond acceptors (Lipinski definition) is 4. The van der Waals surface area contributed by atoms with E-state index in [-0.39, 0.29) is 17.9 Å². The molecular weight excluding hydrogens is 226 g/mol. The van der Waals surface area contributed by atoms with E-state index in [1.54, 1.807) is 30.6 Å². The van der Waals surface area contributed by atoms with Gasteiger partial charge < -0.3 is 10.2 Å². The summed E-state index contributed by atoms with van der Waals surface area (Å²) < 4.78 is 0. The van der Waals surface area contributed by atoms with E-state index in [1.807, 2.05) is 6.92 Å². The molecule has 1 fully saturated rings. The molecule has 1 heterocycles. The Hall–Kier alpha value is -0.750. The molecule has 0 aromatic rings. The number of hydrogen-bond donors (Lipinski definition) is 2. The third kappa shape index (κ3) is 3.38. The van der Waals surface area contributed by atoms with Crippen molar-refractivity contribution >= 4 is 23.6 Å². The van der Waals surface area contributed by atoms with Crippen LogP contribution in [0.4, 0.5) is 0 Å². The second kappa shape index (κ2) is 6.10. The van der Waals surface area contributed by atoms with Crippen molar-refractivity contribution in [2.24, 2.45) is 0 Å². The standard InChI is InChI=1S/C10H19N3O2S/c1-4-13(3)10(15)7(2)12-9(14)8-5-16-6-11-8/h7-8,11H,4-6H2,1-3H3,(H,12,14). The molecule has 16 heavy (non-hydrogen) atoms. The number of thioether (sulfide) groups is 1. The van der Waals surface area contributed by atoms with Crippen LogP contribution in [0.5, 0.6) is 0 Å². The Morgan fingerprint density at radius 2 is 2.31 bits per heavy atom. The molecule has 0 saturated carbocycles. The Labute approximate surface area is 100 Å². The normalized spacial score (nSPS) is 21.6. The van der Waals surface area contributed by atoms with Crippen LogP contribution in [0.15, 0.2) is 0 Å². The number of nitrogens with one attached hydrogen (secondary N) is 2. The summed E-state index contributed by atoms with van der Waals surface area (Å²) in [6.45, 7) is 4.27.